The van der Waals surface area contributed by atoms with Gasteiger partial charge in [0.25, 0.3) is 5.91 Å². The maximum absolute atomic E-state index is 12.8. The van der Waals surface area contributed by atoms with Gasteiger partial charge in [-0.2, -0.15) is 0 Å². The SMILES string of the molecule is COc1ccc(OC)c(NC(=O)Cn2nc3ccc(C(=O)NCc4ccccc4)cn3c2=O)c1. The zero-order valence-corrected chi connectivity index (χ0v) is 18.6. The average Bonchev–Trinajstić information content (AvgIpc) is 3.17. The van der Waals surface area contributed by atoms with Crippen LogP contribution >= 0.6 is 0 Å². The molecule has 4 aromatic rings. The molecule has 2 heterocycles. The summed E-state index contributed by atoms with van der Waals surface area (Å²) in [7, 11) is 3.00. The molecular formula is C24H23N5O5. The molecule has 10 nitrogen and oxygen atoms in total. The fourth-order valence-corrected chi connectivity index (χ4v) is 3.37. The average molecular weight is 461 g/mol. The normalized spacial score (nSPS) is 10.6. The number of methoxy groups -OCH3 is 2. The van der Waals surface area contributed by atoms with Gasteiger partial charge in [0, 0.05) is 18.8 Å². The second-order valence-electron chi connectivity index (χ2n) is 7.37. The number of ether oxygens (including phenoxy) is 2. The van der Waals surface area contributed by atoms with Crippen molar-refractivity contribution in [3.63, 3.8) is 0 Å². The minimum atomic E-state index is -0.541. The number of fused-ring (bicyclic) bond motifs is 1. The molecule has 0 saturated carbocycles. The molecule has 10 heteroatoms. The number of benzene rings is 2. The van der Waals surface area contributed by atoms with Crippen molar-refractivity contribution >= 4 is 23.1 Å². The van der Waals surface area contributed by atoms with Crippen LogP contribution in [0.15, 0.2) is 71.7 Å². The van der Waals surface area contributed by atoms with E-state index in [1.807, 2.05) is 30.3 Å². The van der Waals surface area contributed by atoms with E-state index in [-0.39, 0.29) is 12.5 Å². The number of pyridine rings is 1. The van der Waals surface area contributed by atoms with Gasteiger partial charge in [0.1, 0.15) is 18.0 Å². The van der Waals surface area contributed by atoms with Gasteiger partial charge in [-0.1, -0.05) is 30.3 Å². The first-order chi connectivity index (χ1) is 16.5. The van der Waals surface area contributed by atoms with E-state index in [0.717, 1.165) is 10.2 Å². The molecule has 0 aliphatic heterocycles. The van der Waals surface area contributed by atoms with Crippen LogP contribution < -0.4 is 25.8 Å². The Kier molecular flexibility index (Phi) is 6.58. The highest BCUT2D eigenvalue weighted by Gasteiger charge is 2.15. The first-order valence-electron chi connectivity index (χ1n) is 10.4. The van der Waals surface area contributed by atoms with E-state index in [1.165, 1.54) is 24.8 Å². The second-order valence-corrected chi connectivity index (χ2v) is 7.37. The van der Waals surface area contributed by atoms with Crippen molar-refractivity contribution in [3.05, 3.63) is 88.5 Å². The van der Waals surface area contributed by atoms with Gasteiger partial charge < -0.3 is 20.1 Å². The lowest BCUT2D eigenvalue weighted by molar-refractivity contribution is -0.117. The molecule has 0 spiro atoms. The van der Waals surface area contributed by atoms with Crippen LogP contribution in [0.1, 0.15) is 15.9 Å². The van der Waals surface area contributed by atoms with Gasteiger partial charge in [-0.25, -0.2) is 13.9 Å². The quantitative estimate of drug-likeness (QED) is 0.415. The summed E-state index contributed by atoms with van der Waals surface area (Å²) in [6, 6.07) is 17.6. The minimum absolute atomic E-state index is 0.302. The van der Waals surface area contributed by atoms with Crippen LogP contribution in [0.3, 0.4) is 0 Å². The highest BCUT2D eigenvalue weighted by molar-refractivity contribution is 5.94. The predicted octanol–water partition coefficient (Wildman–Crippen LogP) is 2.08. The second kappa shape index (κ2) is 9.90. The molecule has 2 aromatic heterocycles. The first-order valence-corrected chi connectivity index (χ1v) is 10.4. The Balaban J connectivity index is 1.49. The molecule has 0 atom stereocenters. The minimum Gasteiger partial charge on any atom is -0.497 e. The van der Waals surface area contributed by atoms with E-state index in [2.05, 4.69) is 15.7 Å². The lowest BCUT2D eigenvalue weighted by Crippen LogP contribution is -2.29. The van der Waals surface area contributed by atoms with Gasteiger partial charge in [-0.3, -0.25) is 9.59 Å². The Morgan fingerprint density at radius 1 is 1.00 bits per heavy atom. The van der Waals surface area contributed by atoms with Crippen molar-refractivity contribution in [2.24, 2.45) is 0 Å². The molecule has 174 valence electrons. The molecular weight excluding hydrogens is 438 g/mol. The molecule has 2 aromatic carbocycles. The summed E-state index contributed by atoms with van der Waals surface area (Å²) in [4.78, 5) is 37.9. The van der Waals surface area contributed by atoms with Crippen molar-refractivity contribution in [3.8, 4) is 11.5 Å². The van der Waals surface area contributed by atoms with E-state index in [1.54, 1.807) is 30.3 Å². The number of hydrogen-bond donors (Lipinski definition) is 2. The molecule has 4 rings (SSSR count). The number of hydrogen-bond acceptors (Lipinski definition) is 6. The molecule has 2 N–H and O–H groups in total. The Morgan fingerprint density at radius 2 is 1.79 bits per heavy atom. The highest BCUT2D eigenvalue weighted by atomic mass is 16.5. The van der Waals surface area contributed by atoms with E-state index in [9.17, 15) is 14.4 Å². The van der Waals surface area contributed by atoms with Crippen LogP contribution in [-0.4, -0.2) is 40.2 Å². The Bertz CT molecular complexity index is 1390. The number of rotatable bonds is 8. The maximum atomic E-state index is 12.8. The molecule has 2 amide bonds. The van der Waals surface area contributed by atoms with Gasteiger partial charge >= 0.3 is 5.69 Å². The largest absolute Gasteiger partial charge is 0.497 e. The zero-order chi connectivity index (χ0) is 24.1. The Morgan fingerprint density at radius 3 is 2.53 bits per heavy atom. The summed E-state index contributed by atoms with van der Waals surface area (Å²) < 4.78 is 12.7. The van der Waals surface area contributed by atoms with Crippen LogP contribution in [0.25, 0.3) is 5.65 Å². The number of carbonyl (C=O) groups is 2. The monoisotopic (exact) mass is 461 g/mol. The fourth-order valence-electron chi connectivity index (χ4n) is 3.37. The van der Waals surface area contributed by atoms with Gasteiger partial charge in [0.15, 0.2) is 5.65 Å². The van der Waals surface area contributed by atoms with Crippen LogP contribution in [0, 0.1) is 0 Å². The van der Waals surface area contributed by atoms with Crippen LogP contribution in [0.5, 0.6) is 11.5 Å². The Labute approximate surface area is 194 Å². The summed E-state index contributed by atoms with van der Waals surface area (Å²) in [5, 5.41) is 9.70. The third-order valence-electron chi connectivity index (χ3n) is 5.11. The van der Waals surface area contributed by atoms with Crippen LogP contribution in [-0.2, 0) is 17.9 Å². The van der Waals surface area contributed by atoms with Gasteiger partial charge in [0.2, 0.25) is 5.91 Å². The standard InChI is InChI=1S/C24H23N5O5/c1-33-18-9-10-20(34-2)19(12-18)26-22(30)15-29-24(32)28-14-17(8-11-21(28)27-29)23(31)25-13-16-6-4-3-5-7-16/h3-12,14H,13,15H2,1-2H3,(H,25,31)(H,26,30). The van der Waals surface area contributed by atoms with Gasteiger partial charge in [-0.15, -0.1) is 5.10 Å². The number of nitrogens with one attached hydrogen (secondary N) is 2. The first kappa shape index (κ1) is 22.6. The molecule has 0 radical (unpaired) electrons. The highest BCUT2D eigenvalue weighted by Crippen LogP contribution is 2.28. The summed E-state index contributed by atoms with van der Waals surface area (Å²) in [6.45, 7) is 0.0379. The van der Waals surface area contributed by atoms with Crippen LogP contribution in [0.4, 0.5) is 5.69 Å². The molecule has 0 unspecified atom stereocenters. The third kappa shape index (κ3) is 4.90. The van der Waals surface area contributed by atoms with E-state index in [0.29, 0.717) is 34.9 Å². The summed E-state index contributed by atoms with van der Waals surface area (Å²) in [5.41, 5.74) is 1.44. The lowest BCUT2D eigenvalue weighted by Gasteiger charge is -2.11. The number of aromatic nitrogens is 3. The molecule has 0 aliphatic rings. The predicted molar refractivity (Wildman–Crippen MR) is 125 cm³/mol. The van der Waals surface area contributed by atoms with E-state index in [4.69, 9.17) is 9.47 Å². The summed E-state index contributed by atoms with van der Waals surface area (Å²) >= 11 is 0. The number of amides is 2. The van der Waals surface area contributed by atoms with E-state index < -0.39 is 11.6 Å². The van der Waals surface area contributed by atoms with E-state index >= 15 is 0 Å². The third-order valence-corrected chi connectivity index (χ3v) is 5.11. The summed E-state index contributed by atoms with van der Waals surface area (Å²) in [6.07, 6.45) is 1.41. The molecule has 0 bridgehead atoms. The molecule has 0 fully saturated rings. The van der Waals surface area contributed by atoms with Crippen molar-refractivity contribution in [2.75, 3.05) is 19.5 Å². The lowest BCUT2D eigenvalue weighted by atomic mass is 10.2. The maximum Gasteiger partial charge on any atom is 0.350 e. The fraction of sp³-hybridized carbons (Fsp3) is 0.167. The van der Waals surface area contributed by atoms with Gasteiger partial charge in [0.05, 0.1) is 25.5 Å². The van der Waals surface area contributed by atoms with Crippen molar-refractivity contribution in [2.45, 2.75) is 13.1 Å². The van der Waals surface area contributed by atoms with Crippen molar-refractivity contribution in [1.29, 1.82) is 0 Å². The molecule has 0 saturated heterocycles. The van der Waals surface area contributed by atoms with Gasteiger partial charge in [-0.05, 0) is 29.8 Å². The van der Waals surface area contributed by atoms with Crippen LogP contribution in [0.2, 0.25) is 0 Å². The topological polar surface area (TPSA) is 116 Å². The van der Waals surface area contributed by atoms with Crippen molar-refractivity contribution < 1.29 is 19.1 Å². The molecule has 0 aliphatic carbocycles. The number of carbonyl (C=O) groups excluding carboxylic acids is 2. The van der Waals surface area contributed by atoms with Crippen molar-refractivity contribution in [1.82, 2.24) is 19.5 Å². The summed E-state index contributed by atoms with van der Waals surface area (Å²) in [5.74, 6) is 0.188. The Hall–Kier alpha value is -4.60. The smallest absolute Gasteiger partial charge is 0.350 e. The number of nitrogens with zero attached hydrogens (tertiary/aromatic N) is 3. The zero-order valence-electron chi connectivity index (χ0n) is 18.6. The number of anilines is 1. The molecule has 34 heavy (non-hydrogen) atoms.